The van der Waals surface area contributed by atoms with Crippen molar-refractivity contribution in [2.75, 3.05) is 13.2 Å². The first kappa shape index (κ1) is 17.2. The Hall–Kier alpha value is -1.14. The quantitative estimate of drug-likeness (QED) is 0.928. The van der Waals surface area contributed by atoms with Gasteiger partial charge in [-0.1, -0.05) is 20.8 Å². The summed E-state index contributed by atoms with van der Waals surface area (Å²) in [6.07, 6.45) is 5.73. The van der Waals surface area contributed by atoms with Crippen LogP contribution in [0.3, 0.4) is 0 Å². The molecule has 124 valence electrons. The van der Waals surface area contributed by atoms with Crippen LogP contribution < -0.4 is 10.1 Å². The van der Waals surface area contributed by atoms with Gasteiger partial charge in [-0.2, -0.15) is 4.99 Å². The molecule has 1 saturated heterocycles. The zero-order chi connectivity index (χ0) is 16.2. The Morgan fingerprint density at radius 3 is 2.91 bits per heavy atom. The van der Waals surface area contributed by atoms with E-state index in [-0.39, 0.29) is 17.6 Å². The molecule has 22 heavy (non-hydrogen) atoms. The van der Waals surface area contributed by atoms with E-state index in [1.165, 1.54) is 6.42 Å². The maximum Gasteiger partial charge on any atom is 0.343 e. The zero-order valence-electron chi connectivity index (χ0n) is 14.0. The van der Waals surface area contributed by atoms with Crippen LogP contribution in [0, 0.1) is 12.3 Å². The molecule has 1 aromatic heterocycles. The van der Waals surface area contributed by atoms with Gasteiger partial charge in [0.05, 0.1) is 12.6 Å². The van der Waals surface area contributed by atoms with Crippen LogP contribution in [0.2, 0.25) is 0 Å². The van der Waals surface area contributed by atoms with Gasteiger partial charge >= 0.3 is 6.03 Å². The second-order valence-corrected chi connectivity index (χ2v) is 8.31. The summed E-state index contributed by atoms with van der Waals surface area (Å²) in [6, 6.07) is -0.268. The molecule has 2 rings (SSSR count). The second-order valence-electron chi connectivity index (χ2n) is 7.10. The van der Waals surface area contributed by atoms with Crippen molar-refractivity contribution in [1.29, 1.82) is 0 Å². The first-order valence-corrected chi connectivity index (χ1v) is 8.76. The molecule has 0 radical (unpaired) electrons. The molecule has 2 heterocycles. The predicted octanol–water partition coefficient (Wildman–Crippen LogP) is 3.08. The highest BCUT2D eigenvalue weighted by molar-refractivity contribution is 7.09. The fourth-order valence-corrected chi connectivity index (χ4v) is 3.20. The van der Waals surface area contributed by atoms with Crippen molar-refractivity contribution >= 4 is 17.4 Å². The van der Waals surface area contributed by atoms with Gasteiger partial charge in [-0.3, -0.25) is 0 Å². The number of rotatable bonds is 3. The van der Waals surface area contributed by atoms with Crippen molar-refractivity contribution in [3.8, 4) is 0 Å². The van der Waals surface area contributed by atoms with E-state index in [4.69, 9.17) is 4.74 Å². The summed E-state index contributed by atoms with van der Waals surface area (Å²) >= 11 is 1.54. The smallest absolute Gasteiger partial charge is 0.343 e. The molecule has 6 heteroatoms. The second kappa shape index (κ2) is 7.42. The van der Waals surface area contributed by atoms with Gasteiger partial charge in [0.1, 0.15) is 0 Å². The van der Waals surface area contributed by atoms with Crippen molar-refractivity contribution in [3.63, 3.8) is 0 Å². The normalized spacial score (nSPS) is 20.2. The SMILES string of the molecule is Cc1cn(CC2CCCCO2)/c(=N/C(=O)NCC(C)(C)C)s1. The Bertz CT molecular complexity index is 563. The summed E-state index contributed by atoms with van der Waals surface area (Å²) in [7, 11) is 0. The molecular weight excluding hydrogens is 298 g/mol. The number of hydrogen-bond donors (Lipinski definition) is 1. The van der Waals surface area contributed by atoms with Crippen molar-refractivity contribution in [2.24, 2.45) is 10.4 Å². The minimum absolute atomic E-state index is 0.0580. The van der Waals surface area contributed by atoms with E-state index in [9.17, 15) is 4.79 Å². The van der Waals surface area contributed by atoms with E-state index < -0.39 is 0 Å². The molecule has 0 saturated carbocycles. The molecule has 1 unspecified atom stereocenters. The Balaban J connectivity index is 2.06. The van der Waals surface area contributed by atoms with Crippen LogP contribution in [0.25, 0.3) is 0 Å². The van der Waals surface area contributed by atoms with Gasteiger partial charge in [0.25, 0.3) is 0 Å². The number of nitrogens with one attached hydrogen (secondary N) is 1. The molecule has 0 aliphatic carbocycles. The molecule has 0 bridgehead atoms. The fraction of sp³-hybridized carbons (Fsp3) is 0.750. The average molecular weight is 325 g/mol. The van der Waals surface area contributed by atoms with Crippen LogP contribution in [0.15, 0.2) is 11.2 Å². The number of carbonyl (C=O) groups is 1. The highest BCUT2D eigenvalue weighted by Crippen LogP contribution is 2.15. The molecule has 2 amide bonds. The molecule has 5 nitrogen and oxygen atoms in total. The van der Waals surface area contributed by atoms with E-state index in [1.54, 1.807) is 11.3 Å². The lowest BCUT2D eigenvalue weighted by molar-refractivity contribution is 0.00556. The number of hydrogen-bond acceptors (Lipinski definition) is 3. The molecule has 1 aliphatic rings. The molecule has 0 spiro atoms. The summed E-state index contributed by atoms with van der Waals surface area (Å²) < 4.78 is 7.83. The van der Waals surface area contributed by atoms with Gasteiger partial charge in [-0.25, -0.2) is 4.79 Å². The number of nitrogens with zero attached hydrogens (tertiary/aromatic N) is 2. The lowest BCUT2D eigenvalue weighted by Gasteiger charge is -2.22. The summed E-state index contributed by atoms with van der Waals surface area (Å²) in [6.45, 7) is 10.5. The number of carbonyl (C=O) groups excluding carboxylic acids is 1. The lowest BCUT2D eigenvalue weighted by atomic mass is 9.97. The van der Waals surface area contributed by atoms with Gasteiger partial charge in [0.2, 0.25) is 0 Å². The maximum atomic E-state index is 12.0. The monoisotopic (exact) mass is 325 g/mol. The Morgan fingerprint density at radius 2 is 2.27 bits per heavy atom. The number of ether oxygens (including phenoxy) is 1. The third kappa shape index (κ3) is 5.57. The van der Waals surface area contributed by atoms with E-state index in [0.29, 0.717) is 6.54 Å². The van der Waals surface area contributed by atoms with Crippen LogP contribution in [-0.2, 0) is 11.3 Å². The van der Waals surface area contributed by atoms with Crippen molar-refractivity contribution in [3.05, 3.63) is 15.9 Å². The zero-order valence-corrected chi connectivity index (χ0v) is 14.8. The standard InChI is InChI=1S/C16H27N3O2S/c1-12-9-19(10-13-7-5-6-8-21-13)15(22-12)18-14(20)17-11-16(2,3)4/h9,13H,5-8,10-11H2,1-4H3,(H,17,20)/b18-15-. The molecule has 1 aliphatic heterocycles. The van der Waals surface area contributed by atoms with Gasteiger partial charge in [-0.15, -0.1) is 11.3 Å². The number of aromatic nitrogens is 1. The van der Waals surface area contributed by atoms with Gasteiger partial charge < -0.3 is 14.6 Å². The Labute approximate surface area is 136 Å². The van der Waals surface area contributed by atoms with Crippen LogP contribution in [0.5, 0.6) is 0 Å². The molecule has 0 aromatic carbocycles. The third-order valence-corrected chi connectivity index (χ3v) is 4.41. The molecule has 1 atom stereocenters. The first-order valence-electron chi connectivity index (χ1n) is 7.94. The number of amides is 2. The minimum Gasteiger partial charge on any atom is -0.376 e. The highest BCUT2D eigenvalue weighted by Gasteiger charge is 2.16. The van der Waals surface area contributed by atoms with E-state index in [1.807, 2.05) is 11.5 Å². The van der Waals surface area contributed by atoms with Crippen LogP contribution in [0.1, 0.15) is 44.9 Å². The van der Waals surface area contributed by atoms with Gasteiger partial charge in [-0.05, 0) is 31.6 Å². The fourth-order valence-electron chi connectivity index (χ4n) is 2.36. The van der Waals surface area contributed by atoms with Crippen molar-refractivity contribution < 1.29 is 9.53 Å². The third-order valence-electron chi connectivity index (χ3n) is 3.48. The summed E-state index contributed by atoms with van der Waals surface area (Å²) in [5, 5.41) is 2.87. The van der Waals surface area contributed by atoms with Crippen LogP contribution in [0.4, 0.5) is 4.79 Å². The molecular formula is C16H27N3O2S. The van der Waals surface area contributed by atoms with Crippen LogP contribution >= 0.6 is 11.3 Å². The highest BCUT2D eigenvalue weighted by atomic mass is 32.1. The van der Waals surface area contributed by atoms with Gasteiger partial charge in [0, 0.05) is 24.2 Å². The maximum absolute atomic E-state index is 12.0. The summed E-state index contributed by atoms with van der Waals surface area (Å²) in [4.78, 5) is 18.1. The topological polar surface area (TPSA) is 55.6 Å². The summed E-state index contributed by atoms with van der Waals surface area (Å²) in [5.74, 6) is 0. The number of thiazole rings is 1. The van der Waals surface area contributed by atoms with E-state index in [0.717, 1.165) is 35.7 Å². The summed E-state index contributed by atoms with van der Waals surface area (Å²) in [5.41, 5.74) is 0.0580. The van der Waals surface area contributed by atoms with Crippen molar-refractivity contribution in [2.45, 2.75) is 59.6 Å². The number of aryl methyl sites for hydroxylation is 1. The largest absolute Gasteiger partial charge is 0.376 e. The van der Waals surface area contributed by atoms with Crippen molar-refractivity contribution in [1.82, 2.24) is 9.88 Å². The van der Waals surface area contributed by atoms with E-state index >= 15 is 0 Å². The average Bonchev–Trinajstić information content (AvgIpc) is 2.77. The molecule has 1 N–H and O–H groups in total. The van der Waals surface area contributed by atoms with E-state index in [2.05, 4.69) is 37.3 Å². The first-order chi connectivity index (χ1) is 10.3. The Kier molecular flexibility index (Phi) is 5.81. The lowest BCUT2D eigenvalue weighted by Crippen LogP contribution is -2.33. The predicted molar refractivity (Wildman–Crippen MR) is 89.1 cm³/mol. The molecule has 1 aromatic rings. The Morgan fingerprint density at radius 1 is 1.50 bits per heavy atom. The molecule has 1 fully saturated rings. The van der Waals surface area contributed by atoms with Crippen LogP contribution in [-0.4, -0.2) is 29.9 Å². The minimum atomic E-state index is -0.268. The number of urea groups is 1. The van der Waals surface area contributed by atoms with Gasteiger partial charge in [0.15, 0.2) is 4.80 Å².